The van der Waals surface area contributed by atoms with Crippen LogP contribution < -0.4 is 10.2 Å². The summed E-state index contributed by atoms with van der Waals surface area (Å²) in [5.74, 6) is 0. The zero-order valence-corrected chi connectivity index (χ0v) is 59.1. The Bertz CT molecular complexity index is 6420. The lowest BCUT2D eigenvalue weighted by Gasteiger charge is -2.27. The third kappa shape index (κ3) is 11.9. The molecule has 0 aliphatic rings. The largest absolute Gasteiger partial charge is 0.356 e. The molecule has 2 aromatic heterocycles. The van der Waals surface area contributed by atoms with Crippen LogP contribution in [-0.2, 0) is 13.1 Å². The van der Waals surface area contributed by atoms with E-state index in [0.29, 0.717) is 0 Å². The van der Waals surface area contributed by atoms with Crippen molar-refractivity contribution in [2.75, 3.05) is 10.2 Å². The van der Waals surface area contributed by atoms with Gasteiger partial charge < -0.3 is 19.4 Å². The quantitative estimate of drug-likeness (QED) is 0.131. The number of rotatable bonds is 11. The molecule has 20 aromatic rings. The smallest absolute Gasteiger partial charge is 0.0497 e. The first-order chi connectivity index (χ1) is 51.9. The first kappa shape index (κ1) is 63.9. The summed E-state index contributed by atoms with van der Waals surface area (Å²) in [5, 5.41) is 24.5. The third-order valence-electron chi connectivity index (χ3n) is 21.2. The van der Waals surface area contributed by atoms with Gasteiger partial charge >= 0.3 is 0 Å². The van der Waals surface area contributed by atoms with Crippen molar-refractivity contribution in [3.05, 3.63) is 382 Å². The van der Waals surface area contributed by atoms with Crippen LogP contribution in [0.5, 0.6) is 0 Å². The molecule has 18 aromatic carbocycles. The van der Waals surface area contributed by atoms with Crippen molar-refractivity contribution >= 4 is 137 Å². The van der Waals surface area contributed by atoms with Crippen LogP contribution >= 0.6 is 0 Å². The maximum absolute atomic E-state index is 3.46. The summed E-state index contributed by atoms with van der Waals surface area (Å²) < 4.78 is 4.90. The van der Waals surface area contributed by atoms with Crippen molar-refractivity contribution in [2.45, 2.75) is 33.9 Å². The maximum Gasteiger partial charge on any atom is 0.0497 e. The second-order valence-corrected chi connectivity index (χ2v) is 27.4. The van der Waals surface area contributed by atoms with E-state index in [2.05, 4.69) is 404 Å². The number of hydrogen-bond donors (Lipinski definition) is 1. The van der Waals surface area contributed by atoms with E-state index in [1.807, 2.05) is 12.1 Å². The molecule has 1 N–H and O–H groups in total. The maximum atomic E-state index is 3.46. The summed E-state index contributed by atoms with van der Waals surface area (Å²) in [7, 11) is 0. The predicted molar refractivity (Wildman–Crippen MR) is 453 cm³/mol. The molecule has 0 saturated heterocycles. The van der Waals surface area contributed by atoms with Crippen LogP contribution in [0.2, 0.25) is 0 Å². The van der Waals surface area contributed by atoms with Gasteiger partial charge in [-0.25, -0.2) is 0 Å². The lowest BCUT2D eigenvalue weighted by molar-refractivity contribution is 0.827. The van der Waals surface area contributed by atoms with Crippen molar-refractivity contribution in [3.8, 4) is 44.5 Å². The van der Waals surface area contributed by atoms with Crippen LogP contribution in [-0.4, -0.2) is 9.13 Å². The minimum absolute atomic E-state index is 0.929. The van der Waals surface area contributed by atoms with Gasteiger partial charge in [-0.1, -0.05) is 285 Å². The van der Waals surface area contributed by atoms with Crippen molar-refractivity contribution in [1.82, 2.24) is 9.13 Å². The number of aromatic nitrogens is 2. The van der Waals surface area contributed by atoms with Gasteiger partial charge in [0.25, 0.3) is 0 Å². The fourth-order valence-corrected chi connectivity index (χ4v) is 16.1. The summed E-state index contributed by atoms with van der Waals surface area (Å²) >= 11 is 0. The van der Waals surface area contributed by atoms with E-state index >= 15 is 0 Å². The fraction of sp³-hybridized carbons (Fsp3) is 0.0495. The number of benzene rings is 18. The number of aryl methyl sites for hydroxylation is 3. The van der Waals surface area contributed by atoms with Gasteiger partial charge in [-0.05, 0) is 227 Å². The second-order valence-electron chi connectivity index (χ2n) is 27.4. The number of fused-ring (bicyclic) bond motifs is 18. The van der Waals surface area contributed by atoms with E-state index in [4.69, 9.17) is 0 Å². The van der Waals surface area contributed by atoms with E-state index in [1.54, 1.807) is 0 Å². The molecule has 0 spiro atoms. The Morgan fingerprint density at radius 1 is 0.210 bits per heavy atom. The SMILES string of the molecule is CCn1c2ccccc2c2cc3c4ccc(C)cc4c4ccccc4c3cc21.CCn1c2ccccc2c2cc3c4ccc(N(c5ccc(-c6ccccc6)cc5)c5ccc(-c6ccccc6)cc5)cc4c4ccccc4c3cc21.c1ccc(-c2ccc(Nc3ccc(-c4ccccc4)cc3)cc2)cc1. The van der Waals surface area contributed by atoms with Gasteiger partial charge in [-0.2, -0.15) is 0 Å². The molecule has 0 aliphatic carbocycles. The lowest BCUT2D eigenvalue weighted by Crippen LogP contribution is -2.10. The van der Waals surface area contributed by atoms with E-state index in [9.17, 15) is 0 Å². The zero-order chi connectivity index (χ0) is 70.3. The zero-order valence-electron chi connectivity index (χ0n) is 59.1. The molecule has 20 rings (SSSR count). The number of para-hydroxylation sites is 2. The molecule has 4 nitrogen and oxygen atoms in total. The van der Waals surface area contributed by atoms with Crippen LogP contribution in [0.25, 0.3) is 153 Å². The number of hydrogen-bond acceptors (Lipinski definition) is 2. The Labute approximate surface area is 612 Å². The van der Waals surface area contributed by atoms with Gasteiger partial charge in [-0.3, -0.25) is 0 Å². The molecule has 4 heteroatoms. The number of anilines is 5. The Kier molecular flexibility index (Phi) is 16.8. The molecular formula is C101H76N4. The predicted octanol–water partition coefficient (Wildman–Crippen LogP) is 28.4. The average molecular weight is 1350 g/mol. The molecule has 0 radical (unpaired) electrons. The topological polar surface area (TPSA) is 25.1 Å². The fourth-order valence-electron chi connectivity index (χ4n) is 16.1. The number of nitrogens with one attached hydrogen (secondary N) is 1. The highest BCUT2D eigenvalue weighted by Gasteiger charge is 2.20. The third-order valence-corrected chi connectivity index (χ3v) is 21.2. The molecule has 0 aliphatic heterocycles. The summed E-state index contributed by atoms with van der Waals surface area (Å²) in [6.45, 7) is 8.55. The molecule has 105 heavy (non-hydrogen) atoms. The van der Waals surface area contributed by atoms with E-state index in [-0.39, 0.29) is 0 Å². The van der Waals surface area contributed by atoms with Crippen LogP contribution in [0.4, 0.5) is 28.4 Å². The Hall–Kier alpha value is -13.3. The highest BCUT2D eigenvalue weighted by molar-refractivity contribution is 6.30. The van der Waals surface area contributed by atoms with Gasteiger partial charge in [0.1, 0.15) is 0 Å². The Balaban J connectivity index is 0.000000124. The highest BCUT2D eigenvalue weighted by atomic mass is 15.1. The monoisotopic (exact) mass is 1340 g/mol. The molecule has 0 saturated carbocycles. The van der Waals surface area contributed by atoms with Gasteiger partial charge in [0.05, 0.1) is 0 Å². The molecule has 500 valence electrons. The van der Waals surface area contributed by atoms with Crippen molar-refractivity contribution in [3.63, 3.8) is 0 Å². The Morgan fingerprint density at radius 3 is 0.857 bits per heavy atom. The number of nitrogens with zero attached hydrogens (tertiary/aromatic N) is 3. The second kappa shape index (κ2) is 27.6. The molecule has 2 heterocycles. The summed E-state index contributed by atoms with van der Waals surface area (Å²) in [6.07, 6.45) is 0. The van der Waals surface area contributed by atoms with Crippen molar-refractivity contribution in [1.29, 1.82) is 0 Å². The standard InChI is InChI=1S/C50H36N2.C27H21N.C24H19N/c1-2-51-49-20-12-11-19-44(49)48-32-46-43-30-29-40(31-45(43)41-17-9-10-18-42(41)47(46)33-50(48)51)52(38-25-21-36(22-26-38)34-13-5-3-6-14-34)39-27-23-37(24-28-39)35-15-7-4-8-16-35;1-3-28-26-11-7-6-10-21(26)25-15-23-20-13-12-17(2)14-22(20)18-8-4-5-9-19(18)24(23)16-27(25)28;1-3-7-19(8-4-1)21-11-15-23(16-12-21)25-24-17-13-22(14-18-24)20-9-5-2-6-10-20/h3-33H,2H2,1H3;4-16H,3H2,1-2H3;1-18,25H. The molecule has 0 amide bonds. The van der Waals surface area contributed by atoms with Gasteiger partial charge in [0.2, 0.25) is 0 Å². The molecular weight excluding hydrogens is 1270 g/mol. The molecule has 0 bridgehead atoms. The molecule has 0 unspecified atom stereocenters. The molecule has 0 fully saturated rings. The van der Waals surface area contributed by atoms with Crippen LogP contribution in [0, 0.1) is 6.92 Å². The van der Waals surface area contributed by atoms with Crippen molar-refractivity contribution in [2.24, 2.45) is 0 Å². The van der Waals surface area contributed by atoms with Gasteiger partial charge in [0.15, 0.2) is 0 Å². The van der Waals surface area contributed by atoms with Crippen LogP contribution in [0.3, 0.4) is 0 Å². The normalized spacial score (nSPS) is 11.5. The van der Waals surface area contributed by atoms with Gasteiger partial charge in [0, 0.05) is 85.1 Å². The first-order valence-corrected chi connectivity index (χ1v) is 36.6. The van der Waals surface area contributed by atoms with Crippen LogP contribution in [0.1, 0.15) is 19.4 Å². The Morgan fingerprint density at radius 2 is 0.486 bits per heavy atom. The van der Waals surface area contributed by atoms with Gasteiger partial charge in [-0.15, -0.1) is 0 Å². The summed E-state index contributed by atoms with van der Waals surface area (Å²) in [6, 6.07) is 136. The van der Waals surface area contributed by atoms with E-state index < -0.39 is 0 Å². The van der Waals surface area contributed by atoms with Crippen LogP contribution in [0.15, 0.2) is 376 Å². The highest BCUT2D eigenvalue weighted by Crippen LogP contribution is 2.45. The summed E-state index contributed by atoms with van der Waals surface area (Å²) in [5.41, 5.74) is 21.8. The minimum atomic E-state index is 0.929. The lowest BCUT2D eigenvalue weighted by atomic mass is 9.92. The molecule has 0 atom stereocenters. The summed E-state index contributed by atoms with van der Waals surface area (Å²) in [4.78, 5) is 2.39. The average Bonchev–Trinajstić information content (AvgIpc) is 1.68. The van der Waals surface area contributed by atoms with E-state index in [0.717, 1.165) is 41.5 Å². The van der Waals surface area contributed by atoms with E-state index in [1.165, 1.54) is 158 Å². The van der Waals surface area contributed by atoms with Crippen molar-refractivity contribution < 1.29 is 0 Å². The first-order valence-electron chi connectivity index (χ1n) is 36.6. The minimum Gasteiger partial charge on any atom is -0.356 e.